The number of nitrogens with one attached hydrogen (secondary N) is 2. The Bertz CT molecular complexity index is 431. The van der Waals surface area contributed by atoms with Crippen LogP contribution >= 0.6 is 11.6 Å². The van der Waals surface area contributed by atoms with Gasteiger partial charge in [0.05, 0.1) is 23.9 Å². The van der Waals surface area contributed by atoms with E-state index in [-0.39, 0.29) is 11.9 Å². The highest BCUT2D eigenvalue weighted by Gasteiger charge is 2.17. The summed E-state index contributed by atoms with van der Waals surface area (Å²) in [6.45, 7) is 4.04. The van der Waals surface area contributed by atoms with E-state index >= 15 is 0 Å². The molecular weight excluding hydrogens is 252 g/mol. The minimum atomic E-state index is -0.0521. The van der Waals surface area contributed by atoms with Gasteiger partial charge in [-0.3, -0.25) is 4.79 Å². The highest BCUT2D eigenvalue weighted by atomic mass is 35.5. The molecule has 1 aliphatic heterocycles. The maximum Gasteiger partial charge on any atom is 0.226 e. The van der Waals surface area contributed by atoms with Crippen LogP contribution in [0.25, 0.3) is 0 Å². The van der Waals surface area contributed by atoms with Crippen LogP contribution in [0.3, 0.4) is 0 Å². The third-order valence-electron chi connectivity index (χ3n) is 2.83. The fourth-order valence-corrected chi connectivity index (χ4v) is 2.18. The average molecular weight is 269 g/mol. The summed E-state index contributed by atoms with van der Waals surface area (Å²) in [5.74, 6) is -0.0521. The topological polar surface area (TPSA) is 50.4 Å². The number of halogens is 1. The number of carbonyl (C=O) groups is 1. The quantitative estimate of drug-likeness (QED) is 0.881. The Morgan fingerprint density at radius 2 is 2.44 bits per heavy atom. The highest BCUT2D eigenvalue weighted by Crippen LogP contribution is 2.22. The fraction of sp³-hybridized carbons (Fsp3) is 0.462. The van der Waals surface area contributed by atoms with Gasteiger partial charge in [0.2, 0.25) is 5.91 Å². The molecule has 0 aromatic heterocycles. The van der Waals surface area contributed by atoms with Gasteiger partial charge in [-0.15, -0.1) is 0 Å². The van der Waals surface area contributed by atoms with E-state index in [1.54, 1.807) is 0 Å². The molecule has 1 atom stereocenters. The van der Waals surface area contributed by atoms with Crippen LogP contribution in [0.5, 0.6) is 0 Å². The van der Waals surface area contributed by atoms with Crippen LogP contribution in [0.4, 0.5) is 5.69 Å². The van der Waals surface area contributed by atoms with Crippen LogP contribution in [-0.4, -0.2) is 31.7 Å². The maximum atomic E-state index is 11.9. The molecule has 0 spiro atoms. The Kier molecular flexibility index (Phi) is 4.58. The molecule has 0 bridgehead atoms. The number of hydrogen-bond donors (Lipinski definition) is 2. The second kappa shape index (κ2) is 6.18. The van der Waals surface area contributed by atoms with E-state index in [1.165, 1.54) is 0 Å². The van der Waals surface area contributed by atoms with Crippen molar-refractivity contribution in [2.75, 3.05) is 25.1 Å². The van der Waals surface area contributed by atoms with Crippen LogP contribution in [0.2, 0.25) is 5.02 Å². The molecule has 1 saturated heterocycles. The molecular formula is C13H17ClN2O2. The van der Waals surface area contributed by atoms with E-state index in [2.05, 4.69) is 10.6 Å². The summed E-state index contributed by atoms with van der Waals surface area (Å²) in [5, 5.41) is 6.62. The predicted molar refractivity (Wildman–Crippen MR) is 72.0 cm³/mol. The normalized spacial score (nSPS) is 19.6. The first-order valence-electron chi connectivity index (χ1n) is 6.02. The SMILES string of the molecule is Cc1ccc(NC(=O)CC2COCCN2)c(Cl)c1. The number of amides is 1. The van der Waals surface area contributed by atoms with Crippen molar-refractivity contribution in [2.45, 2.75) is 19.4 Å². The number of rotatable bonds is 3. The van der Waals surface area contributed by atoms with Crippen molar-refractivity contribution in [1.29, 1.82) is 0 Å². The first-order valence-corrected chi connectivity index (χ1v) is 6.40. The number of anilines is 1. The van der Waals surface area contributed by atoms with Crippen LogP contribution in [0.1, 0.15) is 12.0 Å². The zero-order valence-electron chi connectivity index (χ0n) is 10.3. The summed E-state index contributed by atoms with van der Waals surface area (Å²) in [7, 11) is 0. The smallest absolute Gasteiger partial charge is 0.226 e. The van der Waals surface area contributed by atoms with E-state index in [1.807, 2.05) is 25.1 Å². The fourth-order valence-electron chi connectivity index (χ4n) is 1.90. The van der Waals surface area contributed by atoms with Gasteiger partial charge < -0.3 is 15.4 Å². The molecule has 0 saturated carbocycles. The van der Waals surface area contributed by atoms with Gasteiger partial charge in [-0.2, -0.15) is 0 Å². The van der Waals surface area contributed by atoms with Gasteiger partial charge in [0.25, 0.3) is 0 Å². The van der Waals surface area contributed by atoms with Crippen molar-refractivity contribution in [2.24, 2.45) is 0 Å². The third kappa shape index (κ3) is 3.70. The lowest BCUT2D eigenvalue weighted by atomic mass is 10.2. The number of ether oxygens (including phenoxy) is 1. The van der Waals surface area contributed by atoms with Gasteiger partial charge in [0.15, 0.2) is 0 Å². The van der Waals surface area contributed by atoms with Crippen molar-refractivity contribution < 1.29 is 9.53 Å². The lowest BCUT2D eigenvalue weighted by Gasteiger charge is -2.23. The van der Waals surface area contributed by atoms with E-state index in [9.17, 15) is 4.79 Å². The van der Waals surface area contributed by atoms with Gasteiger partial charge in [-0.1, -0.05) is 17.7 Å². The Morgan fingerprint density at radius 3 is 3.11 bits per heavy atom. The molecule has 2 N–H and O–H groups in total. The number of morpholine rings is 1. The first kappa shape index (κ1) is 13.3. The van der Waals surface area contributed by atoms with Crippen molar-refractivity contribution in [3.63, 3.8) is 0 Å². The molecule has 1 fully saturated rings. The second-order valence-electron chi connectivity index (χ2n) is 4.46. The number of hydrogen-bond acceptors (Lipinski definition) is 3. The van der Waals surface area contributed by atoms with Crippen molar-refractivity contribution in [3.05, 3.63) is 28.8 Å². The Labute approximate surface area is 112 Å². The van der Waals surface area contributed by atoms with Gasteiger partial charge in [0, 0.05) is 19.0 Å². The maximum absolute atomic E-state index is 11.9. The molecule has 1 heterocycles. The molecule has 4 nitrogen and oxygen atoms in total. The summed E-state index contributed by atoms with van der Waals surface area (Å²) >= 11 is 6.06. The van der Waals surface area contributed by atoms with E-state index in [0.29, 0.717) is 30.3 Å². The predicted octanol–water partition coefficient (Wildman–Crippen LogP) is 1.97. The average Bonchev–Trinajstić information content (AvgIpc) is 2.34. The minimum absolute atomic E-state index is 0.0521. The van der Waals surface area contributed by atoms with Gasteiger partial charge in [-0.05, 0) is 24.6 Å². The molecule has 2 rings (SSSR count). The monoisotopic (exact) mass is 268 g/mol. The molecule has 0 radical (unpaired) electrons. The zero-order chi connectivity index (χ0) is 13.0. The summed E-state index contributed by atoms with van der Waals surface area (Å²) in [6, 6.07) is 5.66. The zero-order valence-corrected chi connectivity index (χ0v) is 11.1. The molecule has 0 aliphatic carbocycles. The molecule has 18 heavy (non-hydrogen) atoms. The van der Waals surface area contributed by atoms with Crippen LogP contribution in [-0.2, 0) is 9.53 Å². The summed E-state index contributed by atoms with van der Waals surface area (Å²) in [6.07, 6.45) is 0.393. The second-order valence-corrected chi connectivity index (χ2v) is 4.87. The van der Waals surface area contributed by atoms with Crippen LogP contribution < -0.4 is 10.6 Å². The molecule has 1 amide bonds. The third-order valence-corrected chi connectivity index (χ3v) is 3.14. The molecule has 1 unspecified atom stereocenters. The molecule has 1 aliphatic rings. The highest BCUT2D eigenvalue weighted by molar-refractivity contribution is 6.33. The van der Waals surface area contributed by atoms with Gasteiger partial charge in [-0.25, -0.2) is 0 Å². The molecule has 1 aromatic carbocycles. The number of benzene rings is 1. The lowest BCUT2D eigenvalue weighted by Crippen LogP contribution is -2.43. The van der Waals surface area contributed by atoms with E-state index < -0.39 is 0 Å². The van der Waals surface area contributed by atoms with Crippen LogP contribution in [0, 0.1) is 6.92 Å². The molecule has 98 valence electrons. The summed E-state index contributed by atoms with van der Waals surface area (Å²) < 4.78 is 5.30. The standard InChI is InChI=1S/C13H17ClN2O2/c1-9-2-3-12(11(14)6-9)16-13(17)7-10-8-18-5-4-15-10/h2-3,6,10,15H,4-5,7-8H2,1H3,(H,16,17). The summed E-state index contributed by atoms with van der Waals surface area (Å²) in [4.78, 5) is 11.9. The van der Waals surface area contributed by atoms with E-state index in [0.717, 1.165) is 12.1 Å². The van der Waals surface area contributed by atoms with Gasteiger partial charge >= 0.3 is 0 Å². The van der Waals surface area contributed by atoms with E-state index in [4.69, 9.17) is 16.3 Å². The summed E-state index contributed by atoms with van der Waals surface area (Å²) in [5.41, 5.74) is 1.73. The number of carbonyl (C=O) groups excluding carboxylic acids is 1. The van der Waals surface area contributed by atoms with Crippen LogP contribution in [0.15, 0.2) is 18.2 Å². The Morgan fingerprint density at radius 1 is 1.61 bits per heavy atom. The van der Waals surface area contributed by atoms with Crippen molar-refractivity contribution in [3.8, 4) is 0 Å². The first-order chi connectivity index (χ1) is 8.65. The molecule has 5 heteroatoms. The Balaban J connectivity index is 1.90. The van der Waals surface area contributed by atoms with Crippen molar-refractivity contribution >= 4 is 23.2 Å². The minimum Gasteiger partial charge on any atom is -0.378 e. The lowest BCUT2D eigenvalue weighted by molar-refractivity contribution is -0.117. The molecule has 1 aromatic rings. The van der Waals surface area contributed by atoms with Gasteiger partial charge in [0.1, 0.15) is 0 Å². The number of aryl methyl sites for hydroxylation is 1. The largest absolute Gasteiger partial charge is 0.378 e. The Hall–Kier alpha value is -1.10. The van der Waals surface area contributed by atoms with Crippen molar-refractivity contribution in [1.82, 2.24) is 5.32 Å².